The normalized spacial score (nSPS) is 26.5. The van der Waals surface area contributed by atoms with Crippen molar-refractivity contribution in [3.05, 3.63) is 24.3 Å². The Bertz CT molecular complexity index is 660. The Morgan fingerprint density at radius 1 is 1.39 bits per heavy atom. The van der Waals surface area contributed by atoms with Crippen molar-refractivity contribution in [1.82, 2.24) is 4.98 Å². The Hall–Kier alpha value is -1.14. The average molecular weight is 282 g/mol. The summed E-state index contributed by atoms with van der Waals surface area (Å²) in [6, 6.07) is 7.91. The van der Waals surface area contributed by atoms with Gasteiger partial charge in [-0.05, 0) is 25.5 Å². The van der Waals surface area contributed by atoms with Gasteiger partial charge in [0, 0.05) is 0 Å². The van der Waals surface area contributed by atoms with Gasteiger partial charge in [-0.2, -0.15) is 0 Å². The molecule has 0 amide bonds. The molecule has 1 atom stereocenters. The van der Waals surface area contributed by atoms with E-state index in [0.29, 0.717) is 6.42 Å². The smallest absolute Gasteiger partial charge is 0.184 e. The molecular formula is C12H14N2O2S2. The van der Waals surface area contributed by atoms with Crippen LogP contribution in [0.2, 0.25) is 0 Å². The fourth-order valence-corrected chi connectivity index (χ4v) is 5.40. The van der Waals surface area contributed by atoms with E-state index in [1.807, 2.05) is 31.2 Å². The average Bonchev–Trinajstić information content (AvgIpc) is 2.78. The number of aromatic nitrogens is 1. The van der Waals surface area contributed by atoms with E-state index in [4.69, 9.17) is 0 Å². The fourth-order valence-electron chi connectivity index (χ4n) is 2.29. The second-order valence-corrected chi connectivity index (χ2v) is 8.23. The molecule has 0 spiro atoms. The number of fused-ring (bicyclic) bond motifs is 1. The van der Waals surface area contributed by atoms with E-state index in [1.165, 1.54) is 0 Å². The number of thiazole rings is 1. The fraction of sp³-hybridized carbons (Fsp3) is 0.417. The molecule has 1 aliphatic rings. The first-order valence-corrected chi connectivity index (χ1v) is 8.44. The summed E-state index contributed by atoms with van der Waals surface area (Å²) in [6.07, 6.45) is 0.644. The highest BCUT2D eigenvalue weighted by Crippen LogP contribution is 2.31. The molecule has 3 rings (SSSR count). The molecule has 6 heteroatoms. The highest BCUT2D eigenvalue weighted by atomic mass is 32.2. The molecule has 1 aliphatic heterocycles. The Labute approximate surface area is 110 Å². The van der Waals surface area contributed by atoms with Crippen LogP contribution in [0.4, 0.5) is 5.13 Å². The number of nitrogens with zero attached hydrogens (tertiary/aromatic N) is 1. The minimum Gasteiger partial charge on any atom is -0.355 e. The number of rotatable bonds is 2. The Morgan fingerprint density at radius 2 is 2.17 bits per heavy atom. The largest absolute Gasteiger partial charge is 0.355 e. The van der Waals surface area contributed by atoms with Gasteiger partial charge in [-0.1, -0.05) is 23.5 Å². The Kier molecular flexibility index (Phi) is 2.60. The predicted octanol–water partition coefficient (Wildman–Crippen LogP) is 2.29. The number of anilines is 1. The molecule has 0 bridgehead atoms. The standard InChI is InChI=1S/C12H14N2O2S2/c1-12(6-7-18(15,16)8-12)14-11-13-9-4-2-3-5-10(9)17-11/h2-5H,6-8H2,1H3,(H,13,14). The summed E-state index contributed by atoms with van der Waals surface area (Å²) in [6.45, 7) is 1.95. The molecule has 1 saturated heterocycles. The van der Waals surface area contributed by atoms with Crippen LogP contribution in [0.15, 0.2) is 24.3 Å². The third kappa shape index (κ3) is 2.22. The van der Waals surface area contributed by atoms with Crippen LogP contribution >= 0.6 is 11.3 Å². The second kappa shape index (κ2) is 3.93. The number of benzene rings is 1. The number of sulfone groups is 1. The van der Waals surface area contributed by atoms with Crippen LogP contribution in [-0.4, -0.2) is 30.4 Å². The second-order valence-electron chi connectivity index (χ2n) is 5.01. The zero-order valence-corrected chi connectivity index (χ0v) is 11.6. The van der Waals surface area contributed by atoms with Crippen LogP contribution in [0, 0.1) is 0 Å². The first-order valence-electron chi connectivity index (χ1n) is 5.80. The predicted molar refractivity (Wildman–Crippen MR) is 74.9 cm³/mol. The summed E-state index contributed by atoms with van der Waals surface area (Å²) >= 11 is 1.57. The summed E-state index contributed by atoms with van der Waals surface area (Å²) in [7, 11) is -2.89. The number of para-hydroxylation sites is 1. The van der Waals surface area contributed by atoms with Crippen molar-refractivity contribution in [3.8, 4) is 0 Å². The first-order chi connectivity index (χ1) is 8.46. The van der Waals surface area contributed by atoms with Crippen molar-refractivity contribution < 1.29 is 8.42 Å². The molecule has 0 saturated carbocycles. The van der Waals surface area contributed by atoms with E-state index in [9.17, 15) is 8.42 Å². The van der Waals surface area contributed by atoms with Crippen molar-refractivity contribution >= 4 is 36.5 Å². The van der Waals surface area contributed by atoms with Gasteiger partial charge in [0.1, 0.15) is 0 Å². The topological polar surface area (TPSA) is 59.1 Å². The molecule has 2 aromatic rings. The first kappa shape index (κ1) is 11.9. The lowest BCUT2D eigenvalue weighted by Gasteiger charge is -2.23. The van der Waals surface area contributed by atoms with E-state index in [2.05, 4.69) is 10.3 Å². The van der Waals surface area contributed by atoms with Gasteiger partial charge in [-0.3, -0.25) is 0 Å². The van der Waals surface area contributed by atoms with Crippen molar-refractivity contribution in [3.63, 3.8) is 0 Å². The van der Waals surface area contributed by atoms with Crippen LogP contribution in [0.25, 0.3) is 10.2 Å². The summed E-state index contributed by atoms with van der Waals surface area (Å²) in [5.41, 5.74) is 0.571. The van der Waals surface area contributed by atoms with Gasteiger partial charge in [0.25, 0.3) is 0 Å². The molecule has 1 aromatic heterocycles. The molecule has 0 aliphatic carbocycles. The molecule has 1 N–H and O–H groups in total. The van der Waals surface area contributed by atoms with E-state index in [0.717, 1.165) is 15.3 Å². The van der Waals surface area contributed by atoms with Gasteiger partial charge in [0.05, 0.1) is 27.3 Å². The van der Waals surface area contributed by atoms with Crippen molar-refractivity contribution in [2.24, 2.45) is 0 Å². The van der Waals surface area contributed by atoms with E-state index in [-0.39, 0.29) is 17.0 Å². The zero-order valence-electron chi connectivity index (χ0n) is 10.0. The maximum Gasteiger partial charge on any atom is 0.184 e. The van der Waals surface area contributed by atoms with Crippen LogP contribution in [0.1, 0.15) is 13.3 Å². The van der Waals surface area contributed by atoms with E-state index >= 15 is 0 Å². The number of nitrogens with one attached hydrogen (secondary N) is 1. The van der Waals surface area contributed by atoms with Gasteiger partial charge in [-0.25, -0.2) is 13.4 Å². The summed E-state index contributed by atoms with van der Waals surface area (Å²) < 4.78 is 24.2. The lowest BCUT2D eigenvalue weighted by Crippen LogP contribution is -2.35. The summed E-state index contributed by atoms with van der Waals surface area (Å²) in [5.74, 6) is 0.456. The molecule has 1 aromatic carbocycles. The third-order valence-electron chi connectivity index (χ3n) is 3.21. The lowest BCUT2D eigenvalue weighted by atomic mass is 10.0. The molecule has 1 fully saturated rings. The number of hydrogen-bond acceptors (Lipinski definition) is 5. The van der Waals surface area contributed by atoms with Gasteiger partial charge in [0.15, 0.2) is 15.0 Å². The minimum absolute atomic E-state index is 0.190. The summed E-state index contributed by atoms with van der Waals surface area (Å²) in [4.78, 5) is 4.48. The lowest BCUT2D eigenvalue weighted by molar-refractivity contribution is 0.574. The van der Waals surface area contributed by atoms with Crippen LogP contribution in [0.3, 0.4) is 0 Å². The monoisotopic (exact) mass is 282 g/mol. The van der Waals surface area contributed by atoms with Crippen LogP contribution in [-0.2, 0) is 9.84 Å². The maximum absolute atomic E-state index is 11.6. The van der Waals surface area contributed by atoms with Gasteiger partial charge < -0.3 is 5.32 Å². The quantitative estimate of drug-likeness (QED) is 0.918. The SMILES string of the molecule is CC1(Nc2nc3ccccc3s2)CCS(=O)(=O)C1. The molecule has 1 unspecified atom stereocenters. The van der Waals surface area contributed by atoms with Gasteiger partial charge >= 0.3 is 0 Å². The highest BCUT2D eigenvalue weighted by molar-refractivity contribution is 7.91. The van der Waals surface area contributed by atoms with Gasteiger partial charge in [-0.15, -0.1) is 0 Å². The van der Waals surface area contributed by atoms with Crippen LogP contribution in [0.5, 0.6) is 0 Å². The van der Waals surface area contributed by atoms with Crippen molar-refractivity contribution in [2.75, 3.05) is 16.8 Å². The zero-order chi connectivity index (χ0) is 12.8. The molecule has 2 heterocycles. The van der Waals surface area contributed by atoms with E-state index < -0.39 is 9.84 Å². The van der Waals surface area contributed by atoms with Crippen molar-refractivity contribution in [1.29, 1.82) is 0 Å². The third-order valence-corrected chi connectivity index (χ3v) is 6.06. The molecule has 0 radical (unpaired) electrons. The molecule has 96 valence electrons. The molecule has 4 nitrogen and oxygen atoms in total. The molecular weight excluding hydrogens is 268 g/mol. The minimum atomic E-state index is -2.89. The Balaban J connectivity index is 1.88. The highest BCUT2D eigenvalue weighted by Gasteiger charge is 2.38. The maximum atomic E-state index is 11.6. The summed E-state index contributed by atoms with van der Waals surface area (Å²) in [5, 5.41) is 4.09. The Morgan fingerprint density at radius 3 is 2.83 bits per heavy atom. The van der Waals surface area contributed by atoms with Gasteiger partial charge in [0.2, 0.25) is 0 Å². The van der Waals surface area contributed by atoms with Crippen LogP contribution < -0.4 is 5.32 Å². The van der Waals surface area contributed by atoms with Crippen molar-refractivity contribution in [2.45, 2.75) is 18.9 Å². The molecule has 18 heavy (non-hydrogen) atoms. The van der Waals surface area contributed by atoms with E-state index in [1.54, 1.807) is 11.3 Å². The number of hydrogen-bond donors (Lipinski definition) is 1.